The fraction of sp³-hybridized carbons (Fsp3) is 0.273. The molecule has 0 fully saturated rings. The Balaban J connectivity index is 2.33. The summed E-state index contributed by atoms with van der Waals surface area (Å²) in [6.45, 7) is 4.22. The van der Waals surface area contributed by atoms with Gasteiger partial charge in [0, 0.05) is 9.75 Å². The minimum absolute atomic E-state index is 0.0636. The zero-order valence-electron chi connectivity index (χ0n) is 8.28. The van der Waals surface area contributed by atoms with E-state index in [2.05, 4.69) is 36.7 Å². The number of hydrogen-bond donors (Lipinski definition) is 1. The van der Waals surface area contributed by atoms with Crippen LogP contribution in [0, 0.1) is 13.8 Å². The summed E-state index contributed by atoms with van der Waals surface area (Å²) in [5.41, 5.74) is 8.80. The molecule has 0 saturated heterocycles. The topological polar surface area (TPSA) is 26.0 Å². The Morgan fingerprint density at radius 2 is 2.07 bits per heavy atom. The van der Waals surface area contributed by atoms with Crippen LogP contribution in [-0.4, -0.2) is 0 Å². The van der Waals surface area contributed by atoms with Crippen LogP contribution in [0.2, 0.25) is 0 Å². The van der Waals surface area contributed by atoms with Crippen LogP contribution >= 0.6 is 22.7 Å². The van der Waals surface area contributed by atoms with Crippen LogP contribution in [-0.2, 0) is 0 Å². The Labute approximate surface area is 92.2 Å². The van der Waals surface area contributed by atoms with Crippen LogP contribution in [0.4, 0.5) is 0 Å². The second kappa shape index (κ2) is 3.85. The summed E-state index contributed by atoms with van der Waals surface area (Å²) >= 11 is 3.49. The molecule has 2 aromatic rings. The molecule has 2 heterocycles. The Bertz CT molecular complexity index is 428. The highest BCUT2D eigenvalue weighted by atomic mass is 32.1. The Kier molecular flexibility index (Phi) is 2.72. The molecule has 0 saturated carbocycles. The van der Waals surface area contributed by atoms with Crippen LogP contribution in [0.3, 0.4) is 0 Å². The van der Waals surface area contributed by atoms with E-state index >= 15 is 0 Å². The van der Waals surface area contributed by atoms with Crippen LogP contribution in [0.5, 0.6) is 0 Å². The third-order valence-electron chi connectivity index (χ3n) is 2.24. The molecule has 1 nitrogen and oxygen atoms in total. The van der Waals surface area contributed by atoms with Gasteiger partial charge in [0.25, 0.3) is 0 Å². The normalized spacial score (nSPS) is 13.1. The van der Waals surface area contributed by atoms with Gasteiger partial charge >= 0.3 is 0 Å². The molecular weight excluding hydrogens is 210 g/mol. The quantitative estimate of drug-likeness (QED) is 0.829. The first kappa shape index (κ1) is 9.90. The van der Waals surface area contributed by atoms with Crippen molar-refractivity contribution in [2.45, 2.75) is 19.9 Å². The molecule has 0 aliphatic heterocycles. The van der Waals surface area contributed by atoms with E-state index in [0.29, 0.717) is 0 Å². The van der Waals surface area contributed by atoms with Crippen molar-refractivity contribution in [1.82, 2.24) is 0 Å². The lowest BCUT2D eigenvalue weighted by molar-refractivity contribution is 0.907. The molecular formula is C11H13NS2. The van der Waals surface area contributed by atoms with Gasteiger partial charge in [0.15, 0.2) is 0 Å². The predicted octanol–water partition coefficient (Wildman–Crippen LogP) is 3.47. The maximum absolute atomic E-state index is 6.20. The lowest BCUT2D eigenvalue weighted by Crippen LogP contribution is -2.09. The molecule has 0 spiro atoms. The van der Waals surface area contributed by atoms with Crippen molar-refractivity contribution in [1.29, 1.82) is 0 Å². The summed E-state index contributed by atoms with van der Waals surface area (Å²) in [7, 11) is 0. The lowest BCUT2D eigenvalue weighted by Gasteiger charge is -2.08. The molecule has 1 unspecified atom stereocenters. The fourth-order valence-electron chi connectivity index (χ4n) is 1.45. The molecule has 2 aromatic heterocycles. The van der Waals surface area contributed by atoms with E-state index in [1.165, 1.54) is 20.9 Å². The highest BCUT2D eigenvalue weighted by Crippen LogP contribution is 2.30. The number of thiophene rings is 2. The van der Waals surface area contributed by atoms with Crippen molar-refractivity contribution >= 4 is 22.7 Å². The molecule has 2 rings (SSSR count). The first-order valence-electron chi connectivity index (χ1n) is 4.53. The number of rotatable bonds is 2. The Morgan fingerprint density at radius 3 is 2.57 bits per heavy atom. The van der Waals surface area contributed by atoms with Gasteiger partial charge in [-0.25, -0.2) is 0 Å². The van der Waals surface area contributed by atoms with Crippen LogP contribution < -0.4 is 5.73 Å². The summed E-state index contributed by atoms with van der Waals surface area (Å²) in [6, 6.07) is 4.36. The van der Waals surface area contributed by atoms with Crippen molar-refractivity contribution in [3.8, 4) is 0 Å². The van der Waals surface area contributed by atoms with E-state index in [0.717, 1.165) is 0 Å². The molecule has 0 aliphatic rings. The maximum atomic E-state index is 6.20. The lowest BCUT2D eigenvalue weighted by atomic mass is 10.1. The van der Waals surface area contributed by atoms with Gasteiger partial charge in [0.05, 0.1) is 6.04 Å². The van der Waals surface area contributed by atoms with E-state index in [1.807, 2.05) is 0 Å². The number of hydrogen-bond acceptors (Lipinski definition) is 3. The highest BCUT2D eigenvalue weighted by Gasteiger charge is 2.13. The van der Waals surface area contributed by atoms with Crippen molar-refractivity contribution in [2.75, 3.05) is 0 Å². The summed E-state index contributed by atoms with van der Waals surface area (Å²) in [4.78, 5) is 2.54. The summed E-state index contributed by atoms with van der Waals surface area (Å²) in [5, 5.41) is 4.25. The predicted molar refractivity (Wildman–Crippen MR) is 64.1 cm³/mol. The maximum Gasteiger partial charge on any atom is 0.0742 e. The Morgan fingerprint density at radius 1 is 1.29 bits per heavy atom. The molecule has 0 bridgehead atoms. The minimum atomic E-state index is 0.0636. The highest BCUT2D eigenvalue weighted by molar-refractivity contribution is 7.11. The molecule has 0 radical (unpaired) electrons. The van der Waals surface area contributed by atoms with Gasteiger partial charge in [0.1, 0.15) is 0 Å². The summed E-state index contributed by atoms with van der Waals surface area (Å²) < 4.78 is 0. The van der Waals surface area contributed by atoms with Crippen molar-refractivity contribution in [3.05, 3.63) is 43.8 Å². The molecule has 0 aromatic carbocycles. The zero-order chi connectivity index (χ0) is 10.1. The summed E-state index contributed by atoms with van der Waals surface area (Å²) in [6.07, 6.45) is 0. The largest absolute Gasteiger partial charge is 0.319 e. The van der Waals surface area contributed by atoms with E-state index in [9.17, 15) is 0 Å². The molecule has 74 valence electrons. The van der Waals surface area contributed by atoms with Gasteiger partial charge in [-0.1, -0.05) is 0 Å². The van der Waals surface area contributed by atoms with Crippen molar-refractivity contribution in [2.24, 2.45) is 5.73 Å². The molecule has 0 amide bonds. The monoisotopic (exact) mass is 223 g/mol. The first-order valence-corrected chi connectivity index (χ1v) is 6.29. The van der Waals surface area contributed by atoms with Crippen molar-refractivity contribution < 1.29 is 0 Å². The number of nitrogens with two attached hydrogens (primary N) is 1. The fourth-order valence-corrected chi connectivity index (χ4v) is 3.38. The van der Waals surface area contributed by atoms with Crippen LogP contribution in [0.25, 0.3) is 0 Å². The minimum Gasteiger partial charge on any atom is -0.319 e. The average Bonchev–Trinajstić information content (AvgIpc) is 2.73. The van der Waals surface area contributed by atoms with Gasteiger partial charge in [-0.3, -0.25) is 0 Å². The first-order chi connectivity index (χ1) is 6.68. The van der Waals surface area contributed by atoms with E-state index in [1.54, 1.807) is 22.7 Å². The average molecular weight is 223 g/mol. The molecule has 2 N–H and O–H groups in total. The standard InChI is InChI=1S/C11H13NS2/c1-7-5-9(14-6-7)10(12)11-8(2)3-4-13-11/h3-6,10H,12H2,1-2H3. The zero-order valence-corrected chi connectivity index (χ0v) is 9.91. The Hall–Kier alpha value is -0.640. The van der Waals surface area contributed by atoms with Gasteiger partial charge in [-0.2, -0.15) is 0 Å². The second-order valence-corrected chi connectivity index (χ2v) is 5.36. The van der Waals surface area contributed by atoms with E-state index < -0.39 is 0 Å². The van der Waals surface area contributed by atoms with Crippen LogP contribution in [0.1, 0.15) is 26.9 Å². The molecule has 1 atom stereocenters. The number of aryl methyl sites for hydroxylation is 2. The van der Waals surface area contributed by atoms with Gasteiger partial charge in [0.2, 0.25) is 0 Å². The third kappa shape index (κ3) is 1.75. The van der Waals surface area contributed by atoms with Gasteiger partial charge < -0.3 is 5.73 Å². The molecule has 0 aliphatic carbocycles. The van der Waals surface area contributed by atoms with Crippen LogP contribution in [0.15, 0.2) is 22.9 Å². The smallest absolute Gasteiger partial charge is 0.0742 e. The molecule has 14 heavy (non-hydrogen) atoms. The van der Waals surface area contributed by atoms with Gasteiger partial charge in [-0.05, 0) is 47.9 Å². The molecule has 3 heteroatoms. The van der Waals surface area contributed by atoms with E-state index in [-0.39, 0.29) is 6.04 Å². The second-order valence-electron chi connectivity index (χ2n) is 3.47. The van der Waals surface area contributed by atoms with Crippen molar-refractivity contribution in [3.63, 3.8) is 0 Å². The van der Waals surface area contributed by atoms with Gasteiger partial charge in [-0.15, -0.1) is 22.7 Å². The van der Waals surface area contributed by atoms with E-state index in [4.69, 9.17) is 5.73 Å². The summed E-state index contributed by atoms with van der Waals surface area (Å²) in [5.74, 6) is 0. The third-order valence-corrected chi connectivity index (χ3v) is 4.48. The SMILES string of the molecule is Cc1csc(C(N)c2sccc2C)c1.